The van der Waals surface area contributed by atoms with E-state index in [0.29, 0.717) is 32.3 Å². The Morgan fingerprint density at radius 3 is 2.45 bits per heavy atom. The Hall–Kier alpha value is -2.04. The van der Waals surface area contributed by atoms with Crippen LogP contribution in [0.5, 0.6) is 5.75 Å². The number of carbonyl (C=O) groups excluding carboxylic acids is 1. The van der Waals surface area contributed by atoms with Crippen LogP contribution in [-0.4, -0.2) is 29.1 Å². The van der Waals surface area contributed by atoms with Crippen molar-refractivity contribution in [1.29, 1.82) is 0 Å². The molecule has 2 N–H and O–H groups in total. The molecule has 120 valence electrons. The lowest BCUT2D eigenvalue weighted by molar-refractivity contribution is -0.151. The molecule has 0 radical (unpaired) electrons. The maximum absolute atomic E-state index is 11.9. The van der Waals surface area contributed by atoms with Crippen molar-refractivity contribution in [2.75, 3.05) is 6.61 Å². The number of carbonyl (C=O) groups is 2. The van der Waals surface area contributed by atoms with E-state index in [-0.39, 0.29) is 5.91 Å². The first kappa shape index (κ1) is 16.3. The van der Waals surface area contributed by atoms with E-state index in [0.717, 1.165) is 24.2 Å². The van der Waals surface area contributed by atoms with Gasteiger partial charge in [-0.2, -0.15) is 0 Å². The average molecular weight is 305 g/mol. The zero-order valence-corrected chi connectivity index (χ0v) is 12.9. The molecule has 0 spiro atoms. The van der Waals surface area contributed by atoms with Gasteiger partial charge in [0.25, 0.3) is 0 Å². The first-order valence-corrected chi connectivity index (χ1v) is 7.82. The zero-order valence-electron chi connectivity index (χ0n) is 12.9. The van der Waals surface area contributed by atoms with Gasteiger partial charge in [0.1, 0.15) is 11.3 Å². The van der Waals surface area contributed by atoms with Crippen LogP contribution < -0.4 is 10.1 Å². The highest BCUT2D eigenvalue weighted by atomic mass is 16.5. The Morgan fingerprint density at radius 1 is 1.27 bits per heavy atom. The molecule has 0 unspecified atom stereocenters. The fourth-order valence-electron chi connectivity index (χ4n) is 2.48. The van der Waals surface area contributed by atoms with Crippen molar-refractivity contribution in [3.05, 3.63) is 29.8 Å². The van der Waals surface area contributed by atoms with Gasteiger partial charge in [-0.15, -0.1) is 0 Å². The predicted molar refractivity (Wildman–Crippen MR) is 82.9 cm³/mol. The molecule has 0 aliphatic heterocycles. The lowest BCUT2D eigenvalue weighted by atomic mass is 9.76. The van der Waals surface area contributed by atoms with Gasteiger partial charge in [0.05, 0.1) is 6.61 Å². The lowest BCUT2D eigenvalue weighted by Gasteiger charge is -2.38. The van der Waals surface area contributed by atoms with Crippen LogP contribution in [0.15, 0.2) is 24.3 Å². The number of nitrogens with one attached hydrogen (secondary N) is 1. The number of ether oxygens (including phenoxy) is 1. The van der Waals surface area contributed by atoms with E-state index in [1.54, 1.807) is 0 Å². The molecule has 0 atom stereocenters. The highest BCUT2D eigenvalue weighted by Gasteiger charge is 2.45. The van der Waals surface area contributed by atoms with Crippen LogP contribution in [0.1, 0.15) is 44.6 Å². The number of carboxylic acids is 1. The number of rotatable bonds is 8. The van der Waals surface area contributed by atoms with Gasteiger partial charge in [-0.05, 0) is 49.8 Å². The highest BCUT2D eigenvalue weighted by Crippen LogP contribution is 2.32. The zero-order chi connectivity index (χ0) is 16.0. The summed E-state index contributed by atoms with van der Waals surface area (Å²) >= 11 is 0. The van der Waals surface area contributed by atoms with Crippen molar-refractivity contribution in [3.63, 3.8) is 0 Å². The van der Waals surface area contributed by atoms with E-state index in [9.17, 15) is 14.7 Å². The highest BCUT2D eigenvalue weighted by molar-refractivity contribution is 5.87. The molecule has 1 aliphatic carbocycles. The monoisotopic (exact) mass is 305 g/mol. The molecule has 1 fully saturated rings. The van der Waals surface area contributed by atoms with Crippen LogP contribution in [0, 0.1) is 0 Å². The van der Waals surface area contributed by atoms with Crippen LogP contribution in [0.4, 0.5) is 0 Å². The maximum Gasteiger partial charge on any atom is 0.329 e. The van der Waals surface area contributed by atoms with Crippen LogP contribution in [0.3, 0.4) is 0 Å². The van der Waals surface area contributed by atoms with Gasteiger partial charge in [-0.3, -0.25) is 4.79 Å². The van der Waals surface area contributed by atoms with Crippen LogP contribution in [-0.2, 0) is 16.0 Å². The van der Waals surface area contributed by atoms with Gasteiger partial charge >= 0.3 is 5.97 Å². The third kappa shape index (κ3) is 4.00. The summed E-state index contributed by atoms with van der Waals surface area (Å²) in [5.74, 6) is -0.299. The first-order valence-electron chi connectivity index (χ1n) is 7.82. The minimum atomic E-state index is -1.02. The molecule has 0 aromatic heterocycles. The maximum atomic E-state index is 11.9. The molecule has 1 aliphatic rings. The third-order valence-electron chi connectivity index (χ3n) is 4.03. The van der Waals surface area contributed by atoms with Crippen molar-refractivity contribution < 1.29 is 19.4 Å². The Kier molecular flexibility index (Phi) is 5.41. The molecule has 1 saturated carbocycles. The molecule has 2 rings (SSSR count). The molecular weight excluding hydrogens is 282 g/mol. The topological polar surface area (TPSA) is 75.6 Å². The minimum absolute atomic E-state index is 0.201. The fraction of sp³-hybridized carbons (Fsp3) is 0.529. The summed E-state index contributed by atoms with van der Waals surface area (Å²) in [6, 6.07) is 7.67. The van der Waals surface area contributed by atoms with E-state index < -0.39 is 11.5 Å². The van der Waals surface area contributed by atoms with Crippen molar-refractivity contribution in [3.8, 4) is 5.75 Å². The number of aliphatic carboxylic acids is 1. The summed E-state index contributed by atoms with van der Waals surface area (Å²) in [6.45, 7) is 2.75. The summed E-state index contributed by atoms with van der Waals surface area (Å²) in [6.07, 6.45) is 3.76. The normalized spacial score (nSPS) is 15.7. The van der Waals surface area contributed by atoms with E-state index in [2.05, 4.69) is 12.2 Å². The van der Waals surface area contributed by atoms with E-state index >= 15 is 0 Å². The molecule has 0 saturated heterocycles. The van der Waals surface area contributed by atoms with Crippen molar-refractivity contribution >= 4 is 11.9 Å². The lowest BCUT2D eigenvalue weighted by Crippen LogP contribution is -2.59. The Labute approximate surface area is 130 Å². The quantitative estimate of drug-likeness (QED) is 0.774. The fourth-order valence-corrected chi connectivity index (χ4v) is 2.48. The third-order valence-corrected chi connectivity index (χ3v) is 4.03. The summed E-state index contributed by atoms with van der Waals surface area (Å²) in [7, 11) is 0. The van der Waals surface area contributed by atoms with Gasteiger partial charge < -0.3 is 15.2 Å². The molecule has 5 heteroatoms. The average Bonchev–Trinajstić information content (AvgIpc) is 2.47. The smallest absolute Gasteiger partial charge is 0.329 e. The first-order chi connectivity index (χ1) is 10.6. The van der Waals surface area contributed by atoms with Crippen LogP contribution >= 0.6 is 0 Å². The predicted octanol–water partition coefficient (Wildman–Crippen LogP) is 2.53. The van der Waals surface area contributed by atoms with E-state index in [1.165, 1.54) is 0 Å². The summed E-state index contributed by atoms with van der Waals surface area (Å²) in [5.41, 5.74) is 0.0200. The second-order valence-corrected chi connectivity index (χ2v) is 5.78. The summed E-state index contributed by atoms with van der Waals surface area (Å²) < 4.78 is 5.51. The van der Waals surface area contributed by atoms with E-state index in [1.807, 2.05) is 24.3 Å². The van der Waals surface area contributed by atoms with Crippen molar-refractivity contribution in [2.24, 2.45) is 0 Å². The number of carboxylic acid groups (broad SMARTS) is 1. The summed E-state index contributed by atoms with van der Waals surface area (Å²) in [5, 5.41) is 11.9. The second-order valence-electron chi connectivity index (χ2n) is 5.78. The number of hydrogen-bond donors (Lipinski definition) is 2. The summed E-state index contributed by atoms with van der Waals surface area (Å²) in [4.78, 5) is 23.1. The number of hydrogen-bond acceptors (Lipinski definition) is 3. The van der Waals surface area contributed by atoms with Gasteiger partial charge in [-0.1, -0.05) is 19.1 Å². The Bertz CT molecular complexity index is 520. The van der Waals surface area contributed by atoms with Gasteiger partial charge in [0, 0.05) is 6.42 Å². The van der Waals surface area contributed by atoms with Gasteiger partial charge in [-0.25, -0.2) is 4.79 Å². The Balaban J connectivity index is 1.79. The standard InChI is InChI=1S/C17H23NO4/c1-2-12-22-14-7-4-13(5-8-14)6-9-15(19)18-17(16(20)21)10-3-11-17/h4-5,7-8H,2-3,6,9-12H2,1H3,(H,18,19)(H,20,21). The molecule has 1 aromatic carbocycles. The molecular formula is C17H23NO4. The minimum Gasteiger partial charge on any atom is -0.494 e. The number of benzene rings is 1. The van der Waals surface area contributed by atoms with Gasteiger partial charge in [0.2, 0.25) is 5.91 Å². The Morgan fingerprint density at radius 2 is 1.95 bits per heavy atom. The van der Waals surface area contributed by atoms with Gasteiger partial charge in [0.15, 0.2) is 0 Å². The molecule has 0 heterocycles. The van der Waals surface area contributed by atoms with Crippen LogP contribution in [0.2, 0.25) is 0 Å². The molecule has 1 amide bonds. The molecule has 1 aromatic rings. The van der Waals surface area contributed by atoms with Crippen molar-refractivity contribution in [2.45, 2.75) is 51.0 Å². The largest absolute Gasteiger partial charge is 0.494 e. The number of aryl methyl sites for hydroxylation is 1. The molecule has 0 bridgehead atoms. The molecule has 22 heavy (non-hydrogen) atoms. The van der Waals surface area contributed by atoms with Crippen LogP contribution in [0.25, 0.3) is 0 Å². The SMILES string of the molecule is CCCOc1ccc(CCC(=O)NC2(C(=O)O)CCC2)cc1. The second kappa shape index (κ2) is 7.29. The van der Waals surface area contributed by atoms with Crippen molar-refractivity contribution in [1.82, 2.24) is 5.32 Å². The number of amides is 1. The molecule has 5 nitrogen and oxygen atoms in total. The van der Waals surface area contributed by atoms with E-state index in [4.69, 9.17) is 4.74 Å².